The maximum Gasteiger partial charge on any atom is 0.0471 e. The summed E-state index contributed by atoms with van der Waals surface area (Å²) in [6.45, 7) is 3.23. The highest BCUT2D eigenvalue weighted by atomic mass is 79.9. The zero-order chi connectivity index (χ0) is 12.3. The Kier molecular flexibility index (Phi) is 4.86. The van der Waals surface area contributed by atoms with E-state index in [9.17, 15) is 5.11 Å². The highest BCUT2D eigenvalue weighted by Crippen LogP contribution is 2.24. The van der Waals surface area contributed by atoms with Gasteiger partial charge in [0.15, 0.2) is 0 Å². The van der Waals surface area contributed by atoms with Gasteiger partial charge in [-0.15, -0.1) is 0 Å². The molecule has 1 aromatic carbocycles. The van der Waals surface area contributed by atoms with Crippen molar-refractivity contribution in [2.45, 2.75) is 19.4 Å². The van der Waals surface area contributed by atoms with Crippen molar-refractivity contribution >= 4 is 27.5 Å². The minimum Gasteiger partial charge on any atom is -0.396 e. The van der Waals surface area contributed by atoms with Gasteiger partial charge in [0, 0.05) is 29.2 Å². The largest absolute Gasteiger partial charge is 0.396 e. The first-order chi connectivity index (χ1) is 8.19. The lowest BCUT2D eigenvalue weighted by molar-refractivity contribution is 0.116. The fourth-order valence-corrected chi connectivity index (χ4v) is 2.94. The molecule has 0 aliphatic carbocycles. The Balaban J connectivity index is 2.02. The number of aliphatic hydroxyl groups is 1. The van der Waals surface area contributed by atoms with Crippen molar-refractivity contribution in [3.8, 4) is 0 Å². The van der Waals surface area contributed by atoms with Crippen LogP contribution in [0.5, 0.6) is 0 Å². The SMILES string of the molecule is OCC1CCCN(Cc2cc(Br)ccc2Cl)C1. The third-order valence-corrected chi connectivity index (χ3v) is 4.13. The zero-order valence-corrected chi connectivity index (χ0v) is 12.0. The molecule has 0 saturated carbocycles. The van der Waals surface area contributed by atoms with Crippen LogP contribution in [0, 0.1) is 5.92 Å². The fraction of sp³-hybridized carbons (Fsp3) is 0.538. The molecule has 0 amide bonds. The highest BCUT2D eigenvalue weighted by molar-refractivity contribution is 9.10. The summed E-state index contributed by atoms with van der Waals surface area (Å²) >= 11 is 9.66. The maximum absolute atomic E-state index is 9.21. The molecule has 1 N–H and O–H groups in total. The maximum atomic E-state index is 9.21. The van der Waals surface area contributed by atoms with Crippen LogP contribution in [0.1, 0.15) is 18.4 Å². The Morgan fingerprint density at radius 3 is 3.06 bits per heavy atom. The second-order valence-electron chi connectivity index (χ2n) is 4.66. The smallest absolute Gasteiger partial charge is 0.0471 e. The van der Waals surface area contributed by atoms with Gasteiger partial charge in [-0.05, 0) is 49.1 Å². The van der Waals surface area contributed by atoms with Crippen molar-refractivity contribution < 1.29 is 5.11 Å². The van der Waals surface area contributed by atoms with Gasteiger partial charge in [-0.25, -0.2) is 0 Å². The zero-order valence-electron chi connectivity index (χ0n) is 9.70. The van der Waals surface area contributed by atoms with Crippen molar-refractivity contribution in [3.63, 3.8) is 0 Å². The molecule has 4 heteroatoms. The number of rotatable bonds is 3. The second kappa shape index (κ2) is 6.19. The summed E-state index contributed by atoms with van der Waals surface area (Å²) in [4.78, 5) is 2.37. The van der Waals surface area contributed by atoms with Crippen LogP contribution in [0.15, 0.2) is 22.7 Å². The molecule has 0 aromatic heterocycles. The van der Waals surface area contributed by atoms with Crippen LogP contribution in [0.2, 0.25) is 5.02 Å². The number of aliphatic hydroxyl groups excluding tert-OH is 1. The topological polar surface area (TPSA) is 23.5 Å². The van der Waals surface area contributed by atoms with Crippen LogP contribution < -0.4 is 0 Å². The van der Waals surface area contributed by atoms with E-state index in [1.54, 1.807) is 0 Å². The number of benzene rings is 1. The van der Waals surface area contributed by atoms with Gasteiger partial charge >= 0.3 is 0 Å². The Bertz CT molecular complexity index is 386. The van der Waals surface area contributed by atoms with E-state index in [1.165, 1.54) is 0 Å². The molecule has 1 aliphatic heterocycles. The van der Waals surface area contributed by atoms with E-state index < -0.39 is 0 Å². The third-order valence-electron chi connectivity index (χ3n) is 3.26. The molecule has 94 valence electrons. The summed E-state index contributed by atoms with van der Waals surface area (Å²) in [6.07, 6.45) is 2.30. The van der Waals surface area contributed by atoms with Gasteiger partial charge in [0.25, 0.3) is 0 Å². The summed E-state index contributed by atoms with van der Waals surface area (Å²) in [7, 11) is 0. The van der Waals surface area contributed by atoms with Gasteiger partial charge in [0.2, 0.25) is 0 Å². The number of hydrogen-bond acceptors (Lipinski definition) is 2. The van der Waals surface area contributed by atoms with Crippen molar-refractivity contribution in [1.82, 2.24) is 4.90 Å². The third kappa shape index (κ3) is 3.68. The van der Waals surface area contributed by atoms with E-state index in [0.29, 0.717) is 12.5 Å². The Hall–Kier alpha value is -0.0900. The summed E-state index contributed by atoms with van der Waals surface area (Å²) in [5, 5.41) is 10.0. The average molecular weight is 319 g/mol. The molecule has 0 radical (unpaired) electrons. The monoisotopic (exact) mass is 317 g/mol. The number of halogens is 2. The summed E-state index contributed by atoms with van der Waals surface area (Å²) < 4.78 is 1.06. The second-order valence-corrected chi connectivity index (χ2v) is 5.98. The van der Waals surface area contributed by atoms with Crippen LogP contribution >= 0.6 is 27.5 Å². The molecular formula is C13H17BrClNO. The lowest BCUT2D eigenvalue weighted by Crippen LogP contribution is -2.36. The van der Waals surface area contributed by atoms with E-state index in [1.807, 2.05) is 12.1 Å². The van der Waals surface area contributed by atoms with Crippen molar-refractivity contribution in [2.75, 3.05) is 19.7 Å². The number of hydrogen-bond donors (Lipinski definition) is 1. The average Bonchev–Trinajstić information content (AvgIpc) is 2.34. The van der Waals surface area contributed by atoms with Gasteiger partial charge in [-0.2, -0.15) is 0 Å². The first-order valence-corrected chi connectivity index (χ1v) is 7.13. The molecule has 17 heavy (non-hydrogen) atoms. The molecule has 0 spiro atoms. The summed E-state index contributed by atoms with van der Waals surface area (Å²) in [6, 6.07) is 5.96. The molecule has 2 nitrogen and oxygen atoms in total. The quantitative estimate of drug-likeness (QED) is 0.924. The predicted molar refractivity (Wildman–Crippen MR) is 74.2 cm³/mol. The molecule has 1 saturated heterocycles. The number of piperidine rings is 1. The van der Waals surface area contributed by atoms with Gasteiger partial charge in [-0.3, -0.25) is 4.90 Å². The van der Waals surface area contributed by atoms with Gasteiger partial charge in [0.05, 0.1) is 0 Å². The van der Waals surface area contributed by atoms with Crippen LogP contribution in [0.3, 0.4) is 0 Å². The lowest BCUT2D eigenvalue weighted by atomic mass is 9.98. The van der Waals surface area contributed by atoms with Crippen molar-refractivity contribution in [2.24, 2.45) is 5.92 Å². The minimum atomic E-state index is 0.294. The molecule has 1 aliphatic rings. The molecule has 1 atom stereocenters. The first-order valence-electron chi connectivity index (χ1n) is 5.96. The number of nitrogens with zero attached hydrogens (tertiary/aromatic N) is 1. The summed E-state index contributed by atoms with van der Waals surface area (Å²) in [5.41, 5.74) is 1.15. The molecule has 1 unspecified atom stereocenters. The van der Waals surface area contributed by atoms with Crippen molar-refractivity contribution in [1.29, 1.82) is 0 Å². The van der Waals surface area contributed by atoms with Crippen LogP contribution in [0.25, 0.3) is 0 Å². The predicted octanol–water partition coefficient (Wildman–Crippen LogP) is 3.31. The highest BCUT2D eigenvalue weighted by Gasteiger charge is 2.19. The van der Waals surface area contributed by atoms with E-state index in [0.717, 1.165) is 47.5 Å². The van der Waals surface area contributed by atoms with Crippen LogP contribution in [-0.4, -0.2) is 29.7 Å². The molecule has 1 heterocycles. The molecule has 2 rings (SSSR count). The Labute approximate surface area is 116 Å². The van der Waals surface area contributed by atoms with Crippen LogP contribution in [0.4, 0.5) is 0 Å². The first kappa shape index (κ1) is 13.3. The van der Waals surface area contributed by atoms with Crippen molar-refractivity contribution in [3.05, 3.63) is 33.3 Å². The Morgan fingerprint density at radius 2 is 2.29 bits per heavy atom. The molecule has 1 fully saturated rings. The normalized spacial score (nSPS) is 21.7. The molecule has 1 aromatic rings. The lowest BCUT2D eigenvalue weighted by Gasteiger charge is -2.32. The molecular weight excluding hydrogens is 302 g/mol. The van der Waals surface area contributed by atoms with E-state index in [-0.39, 0.29) is 0 Å². The van der Waals surface area contributed by atoms with Crippen LogP contribution in [-0.2, 0) is 6.54 Å². The number of likely N-dealkylation sites (tertiary alicyclic amines) is 1. The minimum absolute atomic E-state index is 0.294. The Morgan fingerprint density at radius 1 is 1.47 bits per heavy atom. The van der Waals surface area contributed by atoms with E-state index in [2.05, 4.69) is 26.9 Å². The van der Waals surface area contributed by atoms with Gasteiger partial charge in [0.1, 0.15) is 0 Å². The van der Waals surface area contributed by atoms with E-state index >= 15 is 0 Å². The fourth-order valence-electron chi connectivity index (χ4n) is 2.35. The summed E-state index contributed by atoms with van der Waals surface area (Å²) in [5.74, 6) is 0.426. The molecule has 0 bridgehead atoms. The van der Waals surface area contributed by atoms with Gasteiger partial charge < -0.3 is 5.11 Å². The standard InChI is InChI=1S/C13H17BrClNO/c14-12-3-4-13(15)11(6-12)8-16-5-1-2-10(7-16)9-17/h3-4,6,10,17H,1-2,5,7-9H2. The van der Waals surface area contributed by atoms with Gasteiger partial charge in [-0.1, -0.05) is 27.5 Å². The van der Waals surface area contributed by atoms with E-state index in [4.69, 9.17) is 11.6 Å².